The molecule has 0 radical (unpaired) electrons. The quantitative estimate of drug-likeness (QED) is 0.745. The number of carbonyl (C=O) groups excluding carboxylic acids is 1. The maximum absolute atomic E-state index is 12.7. The van der Waals surface area contributed by atoms with E-state index in [9.17, 15) is 4.79 Å². The van der Waals surface area contributed by atoms with Gasteiger partial charge in [0, 0.05) is 37.4 Å². The van der Waals surface area contributed by atoms with Gasteiger partial charge in [-0.15, -0.1) is 10.2 Å². The number of amides is 1. The van der Waals surface area contributed by atoms with Crippen molar-refractivity contribution in [3.05, 3.63) is 65.8 Å². The summed E-state index contributed by atoms with van der Waals surface area (Å²) in [5.74, 6) is 1.64. The lowest BCUT2D eigenvalue weighted by Crippen LogP contribution is -2.39. The zero-order chi connectivity index (χ0) is 18.6. The fraction of sp³-hybridized carbons (Fsp3) is 0.316. The van der Waals surface area contributed by atoms with Gasteiger partial charge < -0.3 is 14.8 Å². The van der Waals surface area contributed by atoms with Crippen molar-refractivity contribution in [3.63, 3.8) is 0 Å². The molecular formula is C19H21N7O. The van der Waals surface area contributed by atoms with E-state index in [1.807, 2.05) is 31.2 Å². The number of fused-ring (bicyclic) bond motifs is 1. The summed E-state index contributed by atoms with van der Waals surface area (Å²) in [5, 5.41) is 11.8. The summed E-state index contributed by atoms with van der Waals surface area (Å²) in [6.45, 7) is 4.36. The zero-order valence-corrected chi connectivity index (χ0v) is 15.2. The summed E-state index contributed by atoms with van der Waals surface area (Å²) in [6, 6.07) is 7.59. The molecule has 0 aliphatic carbocycles. The molecule has 1 N–H and O–H groups in total. The number of anilines is 1. The first-order chi connectivity index (χ1) is 13.2. The number of nitrogens with zero attached hydrogens (tertiary/aromatic N) is 6. The fourth-order valence-corrected chi connectivity index (χ4v) is 3.11. The molecule has 0 atom stereocenters. The lowest BCUT2D eigenvalue weighted by molar-refractivity contribution is 0.0706. The number of nitrogens with one attached hydrogen (secondary N) is 1. The highest BCUT2D eigenvalue weighted by atomic mass is 16.2. The number of rotatable bonds is 5. The molecule has 8 nitrogen and oxygen atoms in total. The van der Waals surface area contributed by atoms with E-state index in [-0.39, 0.29) is 5.91 Å². The van der Waals surface area contributed by atoms with Gasteiger partial charge in [0.1, 0.15) is 0 Å². The minimum Gasteiger partial charge on any atom is -0.376 e. The van der Waals surface area contributed by atoms with Crippen LogP contribution in [0.5, 0.6) is 0 Å². The van der Waals surface area contributed by atoms with Crippen LogP contribution in [0.3, 0.4) is 0 Å². The first kappa shape index (κ1) is 17.1. The van der Waals surface area contributed by atoms with Crippen LogP contribution in [0, 0.1) is 0 Å². The Labute approximate surface area is 157 Å². The summed E-state index contributed by atoms with van der Waals surface area (Å²) in [6.07, 6.45) is 6.02. The van der Waals surface area contributed by atoms with Crippen LogP contribution in [-0.4, -0.2) is 42.1 Å². The smallest absolute Gasteiger partial charge is 0.255 e. The molecule has 0 saturated carbocycles. The maximum atomic E-state index is 12.7. The van der Waals surface area contributed by atoms with Gasteiger partial charge in [-0.3, -0.25) is 14.8 Å². The van der Waals surface area contributed by atoms with E-state index in [4.69, 9.17) is 0 Å². The van der Waals surface area contributed by atoms with E-state index in [0.717, 1.165) is 29.5 Å². The molecule has 0 saturated heterocycles. The molecule has 27 heavy (non-hydrogen) atoms. The number of hydrogen-bond donors (Lipinski definition) is 1. The third kappa shape index (κ3) is 3.64. The zero-order valence-electron chi connectivity index (χ0n) is 15.2. The SMILES string of the molecule is CCc1ccc(C(=O)N2CCn3c(CNc4cccnc4)nnc3C2)cn1. The van der Waals surface area contributed by atoms with Gasteiger partial charge in [-0.1, -0.05) is 6.92 Å². The molecule has 1 aliphatic rings. The Morgan fingerprint density at radius 1 is 1.19 bits per heavy atom. The molecule has 0 aromatic carbocycles. The summed E-state index contributed by atoms with van der Waals surface area (Å²) in [5.41, 5.74) is 2.53. The summed E-state index contributed by atoms with van der Waals surface area (Å²) < 4.78 is 2.07. The van der Waals surface area contributed by atoms with Crippen molar-refractivity contribution >= 4 is 11.6 Å². The van der Waals surface area contributed by atoms with Crippen LogP contribution in [0.1, 0.15) is 34.6 Å². The second kappa shape index (κ2) is 7.53. The standard InChI is InChI=1S/C19H21N7O/c1-2-15-6-5-14(10-21-15)19(27)25-8-9-26-17(23-24-18(26)13-25)12-22-16-4-3-7-20-11-16/h3-7,10-11,22H,2,8-9,12-13H2,1H3. The summed E-state index contributed by atoms with van der Waals surface area (Å²) in [4.78, 5) is 22.9. The van der Waals surface area contributed by atoms with Crippen molar-refractivity contribution < 1.29 is 4.79 Å². The van der Waals surface area contributed by atoms with Crippen LogP contribution in [0.25, 0.3) is 0 Å². The Morgan fingerprint density at radius 3 is 2.85 bits per heavy atom. The Bertz CT molecular complexity index is 921. The van der Waals surface area contributed by atoms with Crippen molar-refractivity contribution in [1.29, 1.82) is 0 Å². The van der Waals surface area contributed by atoms with E-state index in [1.165, 1.54) is 0 Å². The molecule has 4 rings (SSSR count). The van der Waals surface area contributed by atoms with E-state index < -0.39 is 0 Å². The highest BCUT2D eigenvalue weighted by Gasteiger charge is 2.25. The van der Waals surface area contributed by atoms with Crippen LogP contribution in [-0.2, 0) is 26.1 Å². The average molecular weight is 363 g/mol. The van der Waals surface area contributed by atoms with Crippen LogP contribution in [0.4, 0.5) is 5.69 Å². The van der Waals surface area contributed by atoms with Crippen molar-refractivity contribution in [2.75, 3.05) is 11.9 Å². The Kier molecular flexibility index (Phi) is 4.78. The number of hydrogen-bond acceptors (Lipinski definition) is 6. The molecule has 8 heteroatoms. The number of pyridine rings is 2. The van der Waals surface area contributed by atoms with Gasteiger partial charge in [-0.05, 0) is 30.7 Å². The second-order valence-corrected chi connectivity index (χ2v) is 6.40. The number of aromatic nitrogens is 5. The topological polar surface area (TPSA) is 88.8 Å². The van der Waals surface area contributed by atoms with Crippen molar-refractivity contribution in [2.45, 2.75) is 33.0 Å². The second-order valence-electron chi connectivity index (χ2n) is 6.40. The number of aryl methyl sites for hydroxylation is 1. The molecule has 0 unspecified atom stereocenters. The van der Waals surface area contributed by atoms with Gasteiger partial charge in [0.05, 0.1) is 24.3 Å². The minimum atomic E-state index is -0.0190. The van der Waals surface area contributed by atoms with E-state index in [1.54, 1.807) is 23.5 Å². The average Bonchev–Trinajstić information content (AvgIpc) is 3.15. The van der Waals surface area contributed by atoms with Crippen molar-refractivity contribution in [3.8, 4) is 0 Å². The lowest BCUT2D eigenvalue weighted by atomic mass is 10.2. The Balaban J connectivity index is 1.43. The van der Waals surface area contributed by atoms with Crippen molar-refractivity contribution in [2.24, 2.45) is 0 Å². The largest absolute Gasteiger partial charge is 0.376 e. The van der Waals surface area contributed by atoms with Gasteiger partial charge in [-0.2, -0.15) is 0 Å². The molecule has 3 aromatic rings. The van der Waals surface area contributed by atoms with Crippen molar-refractivity contribution in [1.82, 2.24) is 29.6 Å². The maximum Gasteiger partial charge on any atom is 0.255 e. The van der Waals surface area contributed by atoms with Crippen LogP contribution in [0.15, 0.2) is 42.9 Å². The predicted octanol–water partition coefficient (Wildman–Crippen LogP) is 1.90. The van der Waals surface area contributed by atoms with E-state index >= 15 is 0 Å². The molecule has 0 fully saturated rings. The molecule has 1 amide bonds. The highest BCUT2D eigenvalue weighted by Crippen LogP contribution is 2.16. The summed E-state index contributed by atoms with van der Waals surface area (Å²) >= 11 is 0. The molecule has 3 aromatic heterocycles. The van der Waals surface area contributed by atoms with E-state index in [2.05, 4.69) is 30.0 Å². The summed E-state index contributed by atoms with van der Waals surface area (Å²) in [7, 11) is 0. The molecular weight excluding hydrogens is 342 g/mol. The van der Waals surface area contributed by atoms with E-state index in [0.29, 0.717) is 31.7 Å². The Morgan fingerprint density at radius 2 is 2.11 bits per heavy atom. The molecule has 138 valence electrons. The van der Waals surface area contributed by atoms with Crippen LogP contribution >= 0.6 is 0 Å². The molecule has 0 spiro atoms. The predicted molar refractivity (Wildman–Crippen MR) is 99.9 cm³/mol. The third-order valence-corrected chi connectivity index (χ3v) is 4.66. The number of carbonyl (C=O) groups is 1. The van der Waals surface area contributed by atoms with Gasteiger partial charge in [0.15, 0.2) is 11.6 Å². The third-order valence-electron chi connectivity index (χ3n) is 4.66. The normalized spacial score (nSPS) is 13.3. The van der Waals surface area contributed by atoms with Gasteiger partial charge >= 0.3 is 0 Å². The minimum absolute atomic E-state index is 0.0190. The van der Waals surface area contributed by atoms with Crippen LogP contribution < -0.4 is 5.32 Å². The first-order valence-corrected chi connectivity index (χ1v) is 9.03. The van der Waals surface area contributed by atoms with Gasteiger partial charge in [-0.25, -0.2) is 0 Å². The fourth-order valence-electron chi connectivity index (χ4n) is 3.11. The van der Waals surface area contributed by atoms with Gasteiger partial charge in [0.2, 0.25) is 0 Å². The molecule has 0 bridgehead atoms. The first-order valence-electron chi connectivity index (χ1n) is 9.03. The molecule has 4 heterocycles. The monoisotopic (exact) mass is 363 g/mol. The highest BCUT2D eigenvalue weighted by molar-refractivity contribution is 5.93. The Hall–Kier alpha value is -3.29. The molecule has 1 aliphatic heterocycles. The van der Waals surface area contributed by atoms with Crippen LogP contribution in [0.2, 0.25) is 0 Å². The lowest BCUT2D eigenvalue weighted by Gasteiger charge is -2.28. The van der Waals surface area contributed by atoms with Gasteiger partial charge in [0.25, 0.3) is 5.91 Å².